The second kappa shape index (κ2) is 2.90. The van der Waals surface area contributed by atoms with Crippen LogP contribution in [-0.2, 0) is 23.8 Å². The molecule has 3 aliphatic heterocycles. The van der Waals surface area contributed by atoms with Gasteiger partial charge in [0.1, 0.15) is 12.2 Å². The van der Waals surface area contributed by atoms with E-state index in [1.807, 2.05) is 6.92 Å². The van der Waals surface area contributed by atoms with Crippen LogP contribution in [0.3, 0.4) is 0 Å². The third-order valence-corrected chi connectivity index (χ3v) is 6.60. The minimum Gasteiger partial charge on any atom is -0.457 e. The van der Waals surface area contributed by atoms with E-state index >= 15 is 0 Å². The van der Waals surface area contributed by atoms with Crippen molar-refractivity contribution >= 4 is 11.9 Å². The molecule has 0 unspecified atom stereocenters. The number of hydrogen-bond acceptors (Lipinski definition) is 6. The molecule has 5 fully saturated rings. The fourth-order valence-corrected chi connectivity index (χ4v) is 5.59. The summed E-state index contributed by atoms with van der Waals surface area (Å²) in [5.41, 5.74) is -2.60. The average Bonchev–Trinajstić information content (AvgIpc) is 2.86. The number of epoxide rings is 1. The van der Waals surface area contributed by atoms with Crippen molar-refractivity contribution in [3.63, 3.8) is 0 Å². The average molecular weight is 292 g/mol. The van der Waals surface area contributed by atoms with Crippen LogP contribution in [0.25, 0.3) is 0 Å². The quantitative estimate of drug-likeness (QED) is 0.414. The molecular formula is C15H16O6. The van der Waals surface area contributed by atoms with Crippen molar-refractivity contribution in [1.29, 1.82) is 0 Å². The number of esters is 2. The summed E-state index contributed by atoms with van der Waals surface area (Å²) in [6.45, 7) is 7.55. The van der Waals surface area contributed by atoms with Gasteiger partial charge in [0.05, 0.1) is 16.9 Å². The van der Waals surface area contributed by atoms with E-state index in [1.54, 1.807) is 6.92 Å². The number of rotatable bonds is 1. The van der Waals surface area contributed by atoms with Crippen LogP contribution in [0.2, 0.25) is 0 Å². The number of carbonyl (C=O) groups excluding carboxylic acids is 2. The summed E-state index contributed by atoms with van der Waals surface area (Å²) >= 11 is 0. The second-order valence-corrected chi connectivity index (χ2v) is 7.25. The molecule has 5 rings (SSSR count). The van der Waals surface area contributed by atoms with Crippen LogP contribution in [0.1, 0.15) is 20.3 Å². The van der Waals surface area contributed by atoms with E-state index in [0.717, 1.165) is 5.57 Å². The highest BCUT2D eigenvalue weighted by atomic mass is 16.7. The highest BCUT2D eigenvalue weighted by molar-refractivity contribution is 5.91. The first-order valence-electron chi connectivity index (χ1n) is 7.26. The van der Waals surface area contributed by atoms with E-state index in [9.17, 15) is 14.7 Å². The van der Waals surface area contributed by atoms with Gasteiger partial charge in [-0.1, -0.05) is 12.2 Å². The van der Waals surface area contributed by atoms with E-state index in [1.165, 1.54) is 0 Å². The third kappa shape index (κ3) is 0.874. The molecule has 2 aliphatic carbocycles. The molecule has 8 atom stereocenters. The maximum absolute atomic E-state index is 12.3. The van der Waals surface area contributed by atoms with Gasteiger partial charge in [-0.15, -0.1) is 0 Å². The minimum atomic E-state index is -1.35. The van der Waals surface area contributed by atoms with E-state index < -0.39 is 46.7 Å². The van der Waals surface area contributed by atoms with Crippen LogP contribution >= 0.6 is 0 Å². The molecule has 1 N–H and O–H groups in total. The lowest BCUT2D eigenvalue weighted by atomic mass is 9.53. The van der Waals surface area contributed by atoms with Gasteiger partial charge in [-0.25, -0.2) is 4.79 Å². The van der Waals surface area contributed by atoms with Crippen LogP contribution in [0.15, 0.2) is 12.2 Å². The number of ether oxygens (including phenoxy) is 3. The number of carbonyl (C=O) groups is 2. The Hall–Kier alpha value is -1.40. The summed E-state index contributed by atoms with van der Waals surface area (Å²) in [4.78, 5) is 24.7. The van der Waals surface area contributed by atoms with Gasteiger partial charge in [0.15, 0.2) is 6.10 Å². The molecule has 6 nitrogen and oxygen atoms in total. The van der Waals surface area contributed by atoms with E-state index in [4.69, 9.17) is 14.2 Å². The Morgan fingerprint density at radius 1 is 1.38 bits per heavy atom. The van der Waals surface area contributed by atoms with Crippen LogP contribution in [0, 0.1) is 17.3 Å². The zero-order valence-electron chi connectivity index (χ0n) is 11.8. The topological polar surface area (TPSA) is 85.4 Å². The predicted molar refractivity (Wildman–Crippen MR) is 66.8 cm³/mol. The largest absolute Gasteiger partial charge is 0.457 e. The lowest BCUT2D eigenvalue weighted by Crippen LogP contribution is -2.66. The zero-order valence-corrected chi connectivity index (χ0v) is 11.8. The fourth-order valence-electron chi connectivity index (χ4n) is 5.59. The summed E-state index contributed by atoms with van der Waals surface area (Å²) in [7, 11) is 0. The molecule has 5 aliphatic rings. The van der Waals surface area contributed by atoms with Crippen molar-refractivity contribution in [2.45, 2.75) is 49.8 Å². The Morgan fingerprint density at radius 3 is 2.76 bits per heavy atom. The van der Waals surface area contributed by atoms with Gasteiger partial charge in [-0.05, 0) is 13.8 Å². The van der Waals surface area contributed by atoms with Crippen molar-refractivity contribution in [2.75, 3.05) is 0 Å². The smallest absolute Gasteiger partial charge is 0.342 e. The van der Waals surface area contributed by atoms with E-state index in [0.29, 0.717) is 0 Å². The number of aliphatic hydroxyl groups is 1. The Balaban J connectivity index is 1.78. The molecule has 3 heterocycles. The molecule has 0 aromatic heterocycles. The van der Waals surface area contributed by atoms with Gasteiger partial charge in [0.2, 0.25) is 5.60 Å². The summed E-state index contributed by atoms with van der Waals surface area (Å²) in [5, 5.41) is 11.4. The van der Waals surface area contributed by atoms with Gasteiger partial charge < -0.3 is 19.3 Å². The molecule has 0 aromatic rings. The van der Waals surface area contributed by atoms with Crippen LogP contribution in [-0.4, -0.2) is 46.6 Å². The van der Waals surface area contributed by atoms with E-state index in [2.05, 4.69) is 6.58 Å². The molecular weight excluding hydrogens is 276 g/mol. The molecule has 0 amide bonds. The molecule has 0 aromatic carbocycles. The fraction of sp³-hybridized carbons (Fsp3) is 0.733. The van der Waals surface area contributed by atoms with Crippen molar-refractivity contribution in [3.05, 3.63) is 12.2 Å². The monoisotopic (exact) mass is 292 g/mol. The number of hydrogen-bond donors (Lipinski definition) is 1. The maximum atomic E-state index is 12.3. The van der Waals surface area contributed by atoms with Crippen LogP contribution in [0.4, 0.5) is 0 Å². The molecule has 112 valence electrons. The second-order valence-electron chi connectivity index (χ2n) is 7.25. The van der Waals surface area contributed by atoms with E-state index in [-0.39, 0.29) is 18.4 Å². The first-order chi connectivity index (χ1) is 9.79. The van der Waals surface area contributed by atoms with Crippen LogP contribution < -0.4 is 0 Å². The Kier molecular flexibility index (Phi) is 1.68. The predicted octanol–water partition coefficient (Wildman–Crippen LogP) is -0.0620. The van der Waals surface area contributed by atoms with Crippen molar-refractivity contribution in [1.82, 2.24) is 0 Å². The number of fused-ring (bicyclic) bond motifs is 4. The lowest BCUT2D eigenvalue weighted by molar-refractivity contribution is -0.195. The summed E-state index contributed by atoms with van der Waals surface area (Å²) in [5.74, 6) is -1.86. The Bertz CT molecular complexity index is 642. The summed E-state index contributed by atoms with van der Waals surface area (Å²) in [6.07, 6.45) is -1.34. The summed E-state index contributed by atoms with van der Waals surface area (Å²) in [6, 6.07) is 0. The van der Waals surface area contributed by atoms with Crippen molar-refractivity contribution < 1.29 is 28.9 Å². The zero-order chi connectivity index (χ0) is 14.9. The van der Waals surface area contributed by atoms with Crippen molar-refractivity contribution in [3.8, 4) is 0 Å². The molecule has 2 saturated carbocycles. The Morgan fingerprint density at radius 2 is 2.10 bits per heavy atom. The third-order valence-electron chi connectivity index (χ3n) is 6.60. The SMILES string of the molecule is C=C(C)[C@@H]1[C@@H]2OC(=O)[C@H]1[C@@]1(O)C[C@H]3O[C@@]34C(=O)O[C@H]2[C@]14C. The lowest BCUT2D eigenvalue weighted by Gasteiger charge is -2.51. The molecule has 3 saturated heterocycles. The molecule has 1 spiro atoms. The first-order valence-corrected chi connectivity index (χ1v) is 7.26. The first kappa shape index (κ1) is 12.2. The van der Waals surface area contributed by atoms with Gasteiger partial charge in [0, 0.05) is 12.3 Å². The van der Waals surface area contributed by atoms with Crippen molar-refractivity contribution in [2.24, 2.45) is 17.3 Å². The maximum Gasteiger partial charge on any atom is 0.342 e. The highest BCUT2D eigenvalue weighted by Crippen LogP contribution is 2.76. The molecule has 6 heteroatoms. The molecule has 21 heavy (non-hydrogen) atoms. The van der Waals surface area contributed by atoms with Gasteiger partial charge in [-0.2, -0.15) is 0 Å². The van der Waals surface area contributed by atoms with Gasteiger partial charge >= 0.3 is 11.9 Å². The Labute approximate surface area is 121 Å². The van der Waals surface area contributed by atoms with Gasteiger partial charge in [0.25, 0.3) is 0 Å². The van der Waals surface area contributed by atoms with Crippen LogP contribution in [0.5, 0.6) is 0 Å². The highest BCUT2D eigenvalue weighted by Gasteiger charge is 2.95. The summed E-state index contributed by atoms with van der Waals surface area (Å²) < 4.78 is 16.6. The molecule has 0 radical (unpaired) electrons. The van der Waals surface area contributed by atoms with Gasteiger partial charge in [-0.3, -0.25) is 4.79 Å². The standard InChI is InChI=1S/C15H16O6/c1-5(2)7-8-11(16)19-9(7)10-13(3)14(8,18)4-6-15(13,21-6)12(17)20-10/h6-10,18H,1,4H2,2-3H3/t6-,7+,8+,9+,10-,13-,14+,15-/m1/s1. The minimum absolute atomic E-state index is 0.269. The normalized spacial score (nSPS) is 62.0. The molecule has 2 bridgehead atoms.